The van der Waals surface area contributed by atoms with Gasteiger partial charge in [-0.1, -0.05) is 0 Å². The highest BCUT2D eigenvalue weighted by Gasteiger charge is 2.65. The number of hydrogen-bond acceptors (Lipinski definition) is 10. The Morgan fingerprint density at radius 1 is 1.40 bits per heavy atom. The molecule has 14 heteroatoms. The van der Waals surface area contributed by atoms with E-state index in [1.807, 2.05) is 0 Å². The van der Waals surface area contributed by atoms with Gasteiger partial charge in [0.2, 0.25) is 11.8 Å². The average Bonchev–Trinajstić information content (AvgIpc) is 3.10. The van der Waals surface area contributed by atoms with Gasteiger partial charge in [-0.3, -0.25) is 4.55 Å². The summed E-state index contributed by atoms with van der Waals surface area (Å²) < 4.78 is 41.7. The molecule has 4 atom stereocenters. The first-order valence-corrected chi connectivity index (χ1v) is 11.3. The largest absolute Gasteiger partial charge is 0.420 e. The zero-order chi connectivity index (χ0) is 21.1. The lowest BCUT2D eigenvalue weighted by Gasteiger charge is -2.34. The molecule has 1 aromatic rings. The summed E-state index contributed by atoms with van der Waals surface area (Å²) in [6.07, 6.45) is 2.10. The Balaban J connectivity index is 1.31. The van der Waals surface area contributed by atoms with Gasteiger partial charge < -0.3 is 25.1 Å². The summed E-state index contributed by atoms with van der Waals surface area (Å²) in [5, 5.41) is 25.6. The van der Waals surface area contributed by atoms with E-state index in [1.165, 1.54) is 4.90 Å². The number of aliphatic hydroxyl groups is 1. The van der Waals surface area contributed by atoms with E-state index in [-0.39, 0.29) is 36.3 Å². The molecule has 0 radical (unpaired) electrons. The van der Waals surface area contributed by atoms with E-state index in [0.29, 0.717) is 6.42 Å². The monoisotopic (exact) mass is 444 g/mol. The van der Waals surface area contributed by atoms with Crippen molar-refractivity contribution < 1.29 is 31.6 Å². The molecule has 4 fully saturated rings. The standard InChI is InChI=1S/C16H24N6O7S/c23-11(7-18-9-1-4-17-6-9)14-20-19-13(28-14)10-5-16(2-3-16)12-8-21(10)15(24)22(12)29-30(25,26)27/h9-12,17-18,23H,1-8H2,(H,25,26,27)/t9?,10-,11?,12-/m0/s1. The first-order chi connectivity index (χ1) is 14.3. The van der Waals surface area contributed by atoms with Gasteiger partial charge >= 0.3 is 16.4 Å². The minimum Gasteiger partial charge on any atom is -0.420 e. The molecule has 4 heterocycles. The van der Waals surface area contributed by atoms with Crippen LogP contribution >= 0.6 is 0 Å². The third kappa shape index (κ3) is 3.56. The summed E-state index contributed by atoms with van der Waals surface area (Å²) in [6, 6.07) is -1.42. The fraction of sp³-hybridized carbons (Fsp3) is 0.812. The Morgan fingerprint density at radius 3 is 2.87 bits per heavy atom. The molecule has 1 aromatic heterocycles. The highest BCUT2D eigenvalue weighted by Crippen LogP contribution is 2.61. The van der Waals surface area contributed by atoms with Crippen LogP contribution in [0.5, 0.6) is 0 Å². The number of rotatable bonds is 7. The van der Waals surface area contributed by atoms with Crippen LogP contribution in [-0.2, 0) is 14.7 Å². The lowest BCUT2D eigenvalue weighted by molar-refractivity contribution is -0.0530. The van der Waals surface area contributed by atoms with Crippen LogP contribution in [0.4, 0.5) is 4.79 Å². The first-order valence-electron chi connectivity index (χ1n) is 9.98. The van der Waals surface area contributed by atoms with Crippen molar-refractivity contribution in [2.45, 2.75) is 49.9 Å². The molecule has 3 saturated heterocycles. The molecule has 2 amide bonds. The number of amides is 2. The molecule has 4 N–H and O–H groups in total. The molecule has 1 spiro atoms. The first kappa shape index (κ1) is 20.1. The molecule has 2 bridgehead atoms. The fourth-order valence-corrected chi connectivity index (χ4v) is 5.12. The highest BCUT2D eigenvalue weighted by molar-refractivity contribution is 7.80. The minimum absolute atomic E-state index is 0.0631. The van der Waals surface area contributed by atoms with Gasteiger partial charge in [-0.25, -0.2) is 4.79 Å². The number of nitrogens with zero attached hydrogens (tertiary/aromatic N) is 4. The van der Waals surface area contributed by atoms with Gasteiger partial charge in [0.1, 0.15) is 12.1 Å². The third-order valence-electron chi connectivity index (χ3n) is 6.52. The smallest absolute Gasteiger partial charge is 0.418 e. The van der Waals surface area contributed by atoms with E-state index in [1.54, 1.807) is 0 Å². The second kappa shape index (κ2) is 7.10. The Bertz CT molecular complexity index is 928. The third-order valence-corrected chi connectivity index (χ3v) is 6.87. The number of aliphatic hydroxyl groups excluding tert-OH is 1. The van der Waals surface area contributed by atoms with Gasteiger partial charge in [-0.2, -0.15) is 13.5 Å². The molecule has 3 aliphatic heterocycles. The molecule has 1 saturated carbocycles. The van der Waals surface area contributed by atoms with E-state index in [2.05, 4.69) is 25.1 Å². The Labute approximate surface area is 172 Å². The Morgan fingerprint density at radius 2 is 2.20 bits per heavy atom. The SMILES string of the molecule is O=C1N2C[C@H](N1OS(=O)(=O)O)C1(CC1)C[C@H]2c1nnc(C(O)CNC2CCNC2)o1. The summed E-state index contributed by atoms with van der Waals surface area (Å²) in [7, 11) is -4.82. The van der Waals surface area contributed by atoms with Crippen LogP contribution in [-0.4, -0.2) is 82.5 Å². The molecular weight excluding hydrogens is 420 g/mol. The van der Waals surface area contributed by atoms with Gasteiger partial charge in [-0.05, 0) is 37.6 Å². The average molecular weight is 444 g/mol. The molecular formula is C16H24N6O7S. The van der Waals surface area contributed by atoms with Gasteiger partial charge in [0.15, 0.2) is 0 Å². The van der Waals surface area contributed by atoms with Crippen molar-refractivity contribution in [1.29, 1.82) is 0 Å². The van der Waals surface area contributed by atoms with Crippen LogP contribution in [0.25, 0.3) is 0 Å². The number of aromatic nitrogens is 2. The number of piperidine rings is 1. The molecule has 166 valence electrons. The number of hydrogen-bond donors (Lipinski definition) is 4. The van der Waals surface area contributed by atoms with Crippen molar-refractivity contribution in [3.05, 3.63) is 11.8 Å². The summed E-state index contributed by atoms with van der Waals surface area (Å²) in [6.45, 7) is 2.27. The number of nitrogens with one attached hydrogen (secondary N) is 2. The zero-order valence-corrected chi connectivity index (χ0v) is 16.9. The predicted molar refractivity (Wildman–Crippen MR) is 97.9 cm³/mol. The van der Waals surface area contributed by atoms with Crippen molar-refractivity contribution >= 4 is 16.4 Å². The van der Waals surface area contributed by atoms with E-state index >= 15 is 0 Å². The van der Waals surface area contributed by atoms with Crippen LogP contribution in [0.15, 0.2) is 4.42 Å². The van der Waals surface area contributed by atoms with Crippen LogP contribution in [0, 0.1) is 5.41 Å². The minimum atomic E-state index is -4.82. The lowest BCUT2D eigenvalue weighted by Crippen LogP contribution is -2.43. The van der Waals surface area contributed by atoms with Crippen LogP contribution in [0.3, 0.4) is 0 Å². The molecule has 1 aliphatic carbocycles. The van der Waals surface area contributed by atoms with Crippen molar-refractivity contribution in [3.8, 4) is 0 Å². The second-order valence-electron chi connectivity index (χ2n) is 8.45. The quantitative estimate of drug-likeness (QED) is 0.385. The second-order valence-corrected chi connectivity index (χ2v) is 9.46. The molecule has 5 rings (SSSR count). The molecule has 4 aliphatic rings. The topological polar surface area (TPSA) is 170 Å². The molecule has 2 unspecified atom stereocenters. The van der Waals surface area contributed by atoms with Gasteiger partial charge in [-0.15, -0.1) is 14.5 Å². The number of carbonyl (C=O) groups excluding carboxylic acids is 1. The summed E-state index contributed by atoms with van der Waals surface area (Å²) in [5.74, 6) is 0.256. The molecule has 13 nitrogen and oxygen atoms in total. The van der Waals surface area contributed by atoms with Crippen LogP contribution in [0.2, 0.25) is 0 Å². The lowest BCUT2D eigenvalue weighted by atomic mass is 9.85. The van der Waals surface area contributed by atoms with Gasteiger partial charge in [0.25, 0.3) is 0 Å². The highest BCUT2D eigenvalue weighted by atomic mass is 32.3. The van der Waals surface area contributed by atoms with Crippen LogP contribution in [0.1, 0.15) is 49.6 Å². The maximum absolute atomic E-state index is 12.8. The van der Waals surface area contributed by atoms with Crippen molar-refractivity contribution in [1.82, 2.24) is 30.8 Å². The van der Waals surface area contributed by atoms with E-state index in [4.69, 9.17) is 8.97 Å². The summed E-state index contributed by atoms with van der Waals surface area (Å²) >= 11 is 0. The van der Waals surface area contributed by atoms with Crippen molar-refractivity contribution in [2.75, 3.05) is 26.2 Å². The van der Waals surface area contributed by atoms with E-state index in [9.17, 15) is 18.3 Å². The number of hydroxylamine groups is 2. The predicted octanol–water partition coefficient (Wildman–Crippen LogP) is -0.880. The van der Waals surface area contributed by atoms with Crippen molar-refractivity contribution in [3.63, 3.8) is 0 Å². The normalized spacial score (nSPS) is 31.0. The summed E-state index contributed by atoms with van der Waals surface area (Å²) in [4.78, 5) is 14.2. The Kier molecular flexibility index (Phi) is 4.75. The maximum atomic E-state index is 12.8. The van der Waals surface area contributed by atoms with Gasteiger partial charge in [0.05, 0.1) is 6.04 Å². The number of fused-ring (bicyclic) bond motifs is 3. The molecule has 0 aromatic carbocycles. The molecule has 30 heavy (non-hydrogen) atoms. The number of urea groups is 1. The fourth-order valence-electron chi connectivity index (χ4n) is 4.75. The van der Waals surface area contributed by atoms with Crippen molar-refractivity contribution in [2.24, 2.45) is 5.41 Å². The van der Waals surface area contributed by atoms with E-state index in [0.717, 1.165) is 37.4 Å². The van der Waals surface area contributed by atoms with Crippen LogP contribution < -0.4 is 10.6 Å². The van der Waals surface area contributed by atoms with Gasteiger partial charge in [0, 0.05) is 25.7 Å². The maximum Gasteiger partial charge on any atom is 0.418 e. The van der Waals surface area contributed by atoms with E-state index < -0.39 is 34.6 Å². The number of carbonyl (C=O) groups is 1. The zero-order valence-electron chi connectivity index (χ0n) is 16.1. The summed E-state index contributed by atoms with van der Waals surface area (Å²) in [5.41, 5.74) is -0.317. The Hall–Kier alpha value is -1.84.